The zero-order chi connectivity index (χ0) is 13.9. The molecule has 5 heteroatoms. The van der Waals surface area contributed by atoms with Gasteiger partial charge in [0.1, 0.15) is 6.10 Å². The van der Waals surface area contributed by atoms with E-state index < -0.39 is 0 Å². The summed E-state index contributed by atoms with van der Waals surface area (Å²) < 4.78 is 11.1. The molecular weight excluding hydrogens is 254 g/mol. The second-order valence-corrected chi connectivity index (χ2v) is 4.80. The van der Waals surface area contributed by atoms with E-state index >= 15 is 0 Å². The summed E-state index contributed by atoms with van der Waals surface area (Å²) in [6.45, 7) is 0. The van der Waals surface area contributed by atoms with E-state index in [9.17, 15) is 0 Å². The second kappa shape index (κ2) is 5.36. The molecule has 0 aliphatic heterocycles. The van der Waals surface area contributed by atoms with E-state index in [1.807, 2.05) is 6.07 Å². The van der Waals surface area contributed by atoms with Crippen LogP contribution in [0.4, 0.5) is 5.95 Å². The van der Waals surface area contributed by atoms with Crippen molar-refractivity contribution in [1.29, 1.82) is 0 Å². The minimum absolute atomic E-state index is 0.0129. The lowest BCUT2D eigenvalue weighted by atomic mass is 9.89. The summed E-state index contributed by atoms with van der Waals surface area (Å²) in [7, 11) is 1.54. The van der Waals surface area contributed by atoms with Gasteiger partial charge < -0.3 is 15.2 Å². The fourth-order valence-electron chi connectivity index (χ4n) is 2.56. The van der Waals surface area contributed by atoms with Crippen LogP contribution in [0.3, 0.4) is 0 Å². The first-order valence-corrected chi connectivity index (χ1v) is 6.69. The van der Waals surface area contributed by atoms with Crippen molar-refractivity contribution in [3.05, 3.63) is 41.5 Å². The molecule has 1 aromatic carbocycles. The van der Waals surface area contributed by atoms with Gasteiger partial charge >= 0.3 is 0 Å². The molecule has 1 atom stereocenters. The van der Waals surface area contributed by atoms with E-state index in [-0.39, 0.29) is 12.1 Å². The third-order valence-electron chi connectivity index (χ3n) is 3.48. The van der Waals surface area contributed by atoms with Gasteiger partial charge in [-0.3, -0.25) is 0 Å². The number of anilines is 1. The number of nitrogens with zero attached hydrogens (tertiary/aromatic N) is 2. The molecule has 1 heterocycles. The number of hydrogen-bond donors (Lipinski definition) is 1. The van der Waals surface area contributed by atoms with E-state index in [1.54, 1.807) is 13.2 Å². The maximum atomic E-state index is 5.99. The molecule has 0 saturated heterocycles. The lowest BCUT2D eigenvalue weighted by Crippen LogP contribution is -2.16. The predicted molar refractivity (Wildman–Crippen MR) is 75.7 cm³/mol. The summed E-state index contributed by atoms with van der Waals surface area (Å²) in [5.74, 6) is 1.02. The first-order chi connectivity index (χ1) is 9.76. The SMILES string of the molecule is COc1cc(OC2CCCc3ccccc32)nc(N)n1. The van der Waals surface area contributed by atoms with Gasteiger partial charge in [0.25, 0.3) is 0 Å². The summed E-state index contributed by atoms with van der Waals surface area (Å²) in [5.41, 5.74) is 8.23. The smallest absolute Gasteiger partial charge is 0.226 e. The van der Waals surface area contributed by atoms with Gasteiger partial charge in [-0.15, -0.1) is 0 Å². The van der Waals surface area contributed by atoms with Gasteiger partial charge in [0.15, 0.2) is 0 Å². The molecule has 1 aliphatic carbocycles. The van der Waals surface area contributed by atoms with Crippen LogP contribution in [0, 0.1) is 0 Å². The first-order valence-electron chi connectivity index (χ1n) is 6.69. The molecule has 0 fully saturated rings. The molecule has 5 nitrogen and oxygen atoms in total. The Morgan fingerprint density at radius 3 is 2.85 bits per heavy atom. The van der Waals surface area contributed by atoms with Gasteiger partial charge in [-0.1, -0.05) is 24.3 Å². The monoisotopic (exact) mass is 271 g/mol. The molecule has 2 N–H and O–H groups in total. The van der Waals surface area contributed by atoms with Crippen LogP contribution in [0.2, 0.25) is 0 Å². The lowest BCUT2D eigenvalue weighted by Gasteiger charge is -2.25. The van der Waals surface area contributed by atoms with Crippen LogP contribution < -0.4 is 15.2 Å². The Morgan fingerprint density at radius 1 is 1.20 bits per heavy atom. The standard InChI is InChI=1S/C15H17N3O2/c1-19-13-9-14(18-15(16)17-13)20-12-8-4-6-10-5-2-3-7-11(10)12/h2-3,5,7,9,12H,4,6,8H2,1H3,(H2,16,17,18). The van der Waals surface area contributed by atoms with Crippen LogP contribution in [0.25, 0.3) is 0 Å². The Morgan fingerprint density at radius 2 is 2.00 bits per heavy atom. The molecule has 2 aromatic rings. The zero-order valence-electron chi connectivity index (χ0n) is 11.4. The van der Waals surface area contributed by atoms with Crippen molar-refractivity contribution in [2.24, 2.45) is 0 Å². The Kier molecular flexibility index (Phi) is 3.41. The van der Waals surface area contributed by atoms with Crippen molar-refractivity contribution in [3.8, 4) is 11.8 Å². The summed E-state index contributed by atoms with van der Waals surface area (Å²) in [6.07, 6.45) is 3.20. The van der Waals surface area contributed by atoms with Crippen molar-refractivity contribution >= 4 is 5.95 Å². The molecule has 1 unspecified atom stereocenters. The number of benzene rings is 1. The van der Waals surface area contributed by atoms with Gasteiger partial charge in [-0.05, 0) is 30.4 Å². The molecule has 0 amide bonds. The molecule has 1 aliphatic rings. The molecule has 0 radical (unpaired) electrons. The van der Waals surface area contributed by atoms with Crippen LogP contribution in [-0.4, -0.2) is 17.1 Å². The average molecular weight is 271 g/mol. The summed E-state index contributed by atoms with van der Waals surface area (Å²) in [5, 5.41) is 0. The molecule has 1 aromatic heterocycles. The first kappa shape index (κ1) is 12.7. The number of nitrogen functional groups attached to an aromatic ring is 1. The van der Waals surface area contributed by atoms with E-state index in [0.29, 0.717) is 11.8 Å². The van der Waals surface area contributed by atoms with E-state index in [2.05, 4.69) is 28.2 Å². The Bertz CT molecular complexity index is 616. The molecule has 0 saturated carbocycles. The largest absolute Gasteiger partial charge is 0.481 e. The van der Waals surface area contributed by atoms with Crippen molar-refractivity contribution in [1.82, 2.24) is 9.97 Å². The van der Waals surface area contributed by atoms with E-state index in [1.165, 1.54) is 11.1 Å². The van der Waals surface area contributed by atoms with Crippen molar-refractivity contribution < 1.29 is 9.47 Å². The lowest BCUT2D eigenvalue weighted by molar-refractivity contribution is 0.175. The third kappa shape index (κ3) is 2.52. The topological polar surface area (TPSA) is 70.3 Å². The summed E-state index contributed by atoms with van der Waals surface area (Å²) >= 11 is 0. The van der Waals surface area contributed by atoms with Crippen LogP contribution >= 0.6 is 0 Å². The molecule has 0 bridgehead atoms. The zero-order valence-corrected chi connectivity index (χ0v) is 11.4. The third-order valence-corrected chi connectivity index (χ3v) is 3.48. The maximum absolute atomic E-state index is 5.99. The van der Waals surface area contributed by atoms with Crippen LogP contribution in [0.1, 0.15) is 30.1 Å². The Labute approximate surface area is 117 Å². The average Bonchev–Trinajstić information content (AvgIpc) is 2.47. The fourth-order valence-corrected chi connectivity index (χ4v) is 2.56. The number of rotatable bonds is 3. The number of fused-ring (bicyclic) bond motifs is 1. The molecule has 20 heavy (non-hydrogen) atoms. The fraction of sp³-hybridized carbons (Fsp3) is 0.333. The maximum Gasteiger partial charge on any atom is 0.226 e. The Hall–Kier alpha value is -2.30. The highest BCUT2D eigenvalue weighted by molar-refractivity contribution is 5.34. The molecule has 104 valence electrons. The molecule has 3 rings (SSSR count). The van der Waals surface area contributed by atoms with E-state index in [4.69, 9.17) is 15.2 Å². The number of methoxy groups -OCH3 is 1. The molecule has 0 spiro atoms. The number of nitrogens with two attached hydrogens (primary N) is 1. The summed E-state index contributed by atoms with van der Waals surface area (Å²) in [4.78, 5) is 8.07. The van der Waals surface area contributed by atoms with Crippen molar-refractivity contribution in [2.75, 3.05) is 12.8 Å². The highest BCUT2D eigenvalue weighted by Crippen LogP contribution is 2.33. The predicted octanol–water partition coefficient (Wildman–Crippen LogP) is 2.52. The number of hydrogen-bond acceptors (Lipinski definition) is 5. The quantitative estimate of drug-likeness (QED) is 0.928. The Balaban J connectivity index is 1.87. The van der Waals surface area contributed by atoms with Gasteiger partial charge in [0, 0.05) is 0 Å². The molecular formula is C15H17N3O2. The van der Waals surface area contributed by atoms with Gasteiger partial charge in [0.05, 0.1) is 13.2 Å². The van der Waals surface area contributed by atoms with Crippen molar-refractivity contribution in [2.45, 2.75) is 25.4 Å². The second-order valence-electron chi connectivity index (χ2n) is 4.80. The van der Waals surface area contributed by atoms with Crippen LogP contribution in [-0.2, 0) is 6.42 Å². The number of aromatic nitrogens is 2. The summed E-state index contributed by atoms with van der Waals surface area (Å²) in [6, 6.07) is 10.0. The van der Waals surface area contributed by atoms with Crippen LogP contribution in [0.15, 0.2) is 30.3 Å². The number of ether oxygens (including phenoxy) is 2. The van der Waals surface area contributed by atoms with Gasteiger partial charge in [-0.2, -0.15) is 9.97 Å². The minimum Gasteiger partial charge on any atom is -0.481 e. The van der Waals surface area contributed by atoms with Crippen LogP contribution in [0.5, 0.6) is 11.8 Å². The minimum atomic E-state index is 0.0129. The van der Waals surface area contributed by atoms with Gasteiger partial charge in [-0.25, -0.2) is 0 Å². The highest BCUT2D eigenvalue weighted by atomic mass is 16.5. The highest BCUT2D eigenvalue weighted by Gasteiger charge is 2.22. The normalized spacial score (nSPS) is 17.4. The number of aryl methyl sites for hydroxylation is 1. The van der Waals surface area contributed by atoms with E-state index in [0.717, 1.165) is 19.3 Å². The van der Waals surface area contributed by atoms with Crippen molar-refractivity contribution in [3.63, 3.8) is 0 Å². The van der Waals surface area contributed by atoms with Gasteiger partial charge in [0.2, 0.25) is 17.7 Å².